The third kappa shape index (κ3) is 4.17. The van der Waals surface area contributed by atoms with Crippen molar-refractivity contribution in [3.05, 3.63) is 115 Å². The molecule has 7 nitrogen and oxygen atoms in total. The number of amides is 1. The number of benzene rings is 2. The molecule has 0 bridgehead atoms. The highest BCUT2D eigenvalue weighted by atomic mass is 32.1. The Kier molecular flexibility index (Phi) is 6.05. The normalized spacial score (nSPS) is 15.6. The van der Waals surface area contributed by atoms with Crippen molar-refractivity contribution < 1.29 is 4.79 Å². The third-order valence-electron chi connectivity index (χ3n) is 6.14. The highest BCUT2D eigenvalue weighted by molar-refractivity contribution is 7.07. The van der Waals surface area contributed by atoms with Gasteiger partial charge in [0.2, 0.25) is 0 Å². The Morgan fingerprint density at radius 2 is 1.77 bits per heavy atom. The molecule has 0 spiro atoms. The Morgan fingerprint density at radius 3 is 2.43 bits per heavy atom. The van der Waals surface area contributed by atoms with Crippen LogP contribution in [0.15, 0.2) is 87.9 Å². The van der Waals surface area contributed by atoms with Crippen molar-refractivity contribution in [1.29, 1.82) is 0 Å². The zero-order chi connectivity index (χ0) is 24.5. The zero-order valence-corrected chi connectivity index (χ0v) is 20.5. The molecule has 2 aromatic carbocycles. The number of aromatic nitrogens is 3. The van der Waals surface area contributed by atoms with Crippen LogP contribution in [-0.2, 0) is 11.3 Å². The van der Waals surface area contributed by atoms with Crippen LogP contribution in [0.2, 0.25) is 0 Å². The van der Waals surface area contributed by atoms with E-state index < -0.39 is 6.04 Å². The summed E-state index contributed by atoms with van der Waals surface area (Å²) in [6, 6.07) is 18.3. The maximum Gasteiger partial charge on any atom is 0.271 e. The molecule has 0 radical (unpaired) electrons. The summed E-state index contributed by atoms with van der Waals surface area (Å²) in [7, 11) is 0. The molecule has 1 aliphatic heterocycles. The van der Waals surface area contributed by atoms with Gasteiger partial charge in [-0.3, -0.25) is 18.8 Å². The number of rotatable bonds is 5. The van der Waals surface area contributed by atoms with E-state index in [0.29, 0.717) is 26.3 Å². The Labute approximate surface area is 206 Å². The van der Waals surface area contributed by atoms with Gasteiger partial charge < -0.3 is 5.32 Å². The predicted molar refractivity (Wildman–Crippen MR) is 138 cm³/mol. The number of hydrogen-bond acceptors (Lipinski definition) is 5. The number of thiazole rings is 1. The first-order chi connectivity index (χ1) is 17.0. The highest BCUT2D eigenvalue weighted by Gasteiger charge is 2.32. The van der Waals surface area contributed by atoms with Gasteiger partial charge in [-0.1, -0.05) is 59.9 Å². The fourth-order valence-electron chi connectivity index (χ4n) is 4.35. The van der Waals surface area contributed by atoms with Gasteiger partial charge in [-0.05, 0) is 44.5 Å². The maximum atomic E-state index is 13.7. The number of nitrogens with zero attached hydrogens (tertiary/aromatic N) is 4. The summed E-state index contributed by atoms with van der Waals surface area (Å²) in [4.78, 5) is 32.5. The molecule has 0 unspecified atom stereocenters. The molecule has 0 saturated carbocycles. The molecule has 1 aliphatic rings. The molecule has 1 atom stereocenters. The van der Waals surface area contributed by atoms with Crippen molar-refractivity contribution in [2.75, 3.05) is 5.32 Å². The summed E-state index contributed by atoms with van der Waals surface area (Å²) < 4.78 is 4.09. The van der Waals surface area contributed by atoms with Crippen molar-refractivity contribution in [1.82, 2.24) is 14.3 Å². The second-order valence-electron chi connectivity index (χ2n) is 8.31. The molecule has 0 fully saturated rings. The van der Waals surface area contributed by atoms with Crippen molar-refractivity contribution in [2.24, 2.45) is 4.99 Å². The largest absolute Gasteiger partial charge is 0.322 e. The molecule has 1 amide bonds. The molecule has 8 heteroatoms. The molecular formula is C27H25N5O2S. The summed E-state index contributed by atoms with van der Waals surface area (Å²) in [5.41, 5.74) is 4.30. The Hall–Kier alpha value is -4.04. The van der Waals surface area contributed by atoms with Gasteiger partial charge in [-0.2, -0.15) is 5.10 Å². The van der Waals surface area contributed by atoms with Gasteiger partial charge >= 0.3 is 0 Å². The van der Waals surface area contributed by atoms with E-state index >= 15 is 0 Å². The van der Waals surface area contributed by atoms with Gasteiger partial charge in [0.25, 0.3) is 11.5 Å². The standard InChI is InChI=1S/C27H25N5O2S/c1-4-31-18(3)20(16-28-31)15-22-26(34)32-24(19-11-7-5-8-12-19)23(17(2)29-27(32)35-22)25(33)30-21-13-9-6-10-14-21/h5-16,24H,4H2,1-3H3,(H,30,33)/b22-15+/t24-/m0/s1. The first-order valence-electron chi connectivity index (χ1n) is 11.4. The lowest BCUT2D eigenvalue weighted by molar-refractivity contribution is -0.113. The van der Waals surface area contributed by atoms with E-state index in [2.05, 4.69) is 10.4 Å². The molecule has 0 saturated heterocycles. The van der Waals surface area contributed by atoms with Crippen molar-refractivity contribution >= 4 is 29.0 Å². The molecule has 35 heavy (non-hydrogen) atoms. The number of anilines is 1. The summed E-state index contributed by atoms with van der Waals surface area (Å²) in [5, 5.41) is 7.36. The second kappa shape index (κ2) is 9.31. The molecule has 3 heterocycles. The number of hydrogen-bond donors (Lipinski definition) is 1. The molecule has 1 N–H and O–H groups in total. The van der Waals surface area contributed by atoms with Crippen LogP contribution in [0, 0.1) is 6.92 Å². The quantitative estimate of drug-likeness (QED) is 0.472. The van der Waals surface area contributed by atoms with Crippen LogP contribution in [0.3, 0.4) is 0 Å². The average Bonchev–Trinajstić information content (AvgIpc) is 3.37. The van der Waals surface area contributed by atoms with Crippen LogP contribution in [0.25, 0.3) is 6.08 Å². The number of aryl methyl sites for hydroxylation is 1. The van der Waals surface area contributed by atoms with E-state index in [1.807, 2.05) is 92.2 Å². The number of carbonyl (C=O) groups is 1. The lowest BCUT2D eigenvalue weighted by Crippen LogP contribution is -2.40. The topological polar surface area (TPSA) is 81.3 Å². The van der Waals surface area contributed by atoms with Crippen LogP contribution in [0.4, 0.5) is 5.69 Å². The number of para-hydroxylation sites is 1. The zero-order valence-electron chi connectivity index (χ0n) is 19.7. The number of carbonyl (C=O) groups excluding carboxylic acids is 1. The first kappa shape index (κ1) is 22.7. The van der Waals surface area contributed by atoms with E-state index in [9.17, 15) is 9.59 Å². The summed E-state index contributed by atoms with van der Waals surface area (Å²) in [6.07, 6.45) is 3.64. The monoisotopic (exact) mass is 483 g/mol. The van der Waals surface area contributed by atoms with Crippen molar-refractivity contribution in [3.8, 4) is 0 Å². The minimum absolute atomic E-state index is 0.177. The van der Waals surface area contributed by atoms with Crippen molar-refractivity contribution in [3.63, 3.8) is 0 Å². The Morgan fingerprint density at radius 1 is 1.09 bits per heavy atom. The minimum atomic E-state index is -0.585. The SMILES string of the molecule is CCn1ncc(/C=c2/sc3n(c2=O)[C@@H](c2ccccc2)C(C(=O)Nc2ccccc2)=C(C)N=3)c1C. The van der Waals surface area contributed by atoms with E-state index in [1.165, 1.54) is 11.3 Å². The Bertz CT molecular complexity index is 1610. The van der Waals surface area contributed by atoms with E-state index in [-0.39, 0.29) is 11.5 Å². The van der Waals surface area contributed by atoms with Crippen LogP contribution in [0.5, 0.6) is 0 Å². The maximum absolute atomic E-state index is 13.7. The van der Waals surface area contributed by atoms with Crippen molar-refractivity contribution in [2.45, 2.75) is 33.4 Å². The first-order valence-corrected chi connectivity index (χ1v) is 12.3. The van der Waals surface area contributed by atoms with E-state index in [4.69, 9.17) is 4.99 Å². The Balaban J connectivity index is 1.67. The summed E-state index contributed by atoms with van der Waals surface area (Å²) in [6.45, 7) is 6.60. The van der Waals surface area contributed by atoms with Crippen LogP contribution < -0.4 is 20.2 Å². The predicted octanol–water partition coefficient (Wildman–Crippen LogP) is 3.40. The van der Waals surface area contributed by atoms with Gasteiger partial charge in [0.05, 0.1) is 28.0 Å². The average molecular weight is 484 g/mol. The third-order valence-corrected chi connectivity index (χ3v) is 7.12. The van der Waals surface area contributed by atoms with Crippen LogP contribution >= 0.6 is 11.3 Å². The second-order valence-corrected chi connectivity index (χ2v) is 9.32. The summed E-state index contributed by atoms with van der Waals surface area (Å²) >= 11 is 1.33. The molecule has 176 valence electrons. The number of nitrogens with one attached hydrogen (secondary N) is 1. The molecule has 2 aromatic heterocycles. The smallest absolute Gasteiger partial charge is 0.271 e. The van der Waals surface area contributed by atoms with Crippen LogP contribution in [-0.4, -0.2) is 20.3 Å². The summed E-state index contributed by atoms with van der Waals surface area (Å²) in [5.74, 6) is -0.277. The van der Waals surface area contributed by atoms with Crippen LogP contribution in [0.1, 0.15) is 36.7 Å². The van der Waals surface area contributed by atoms with Gasteiger partial charge in [0.15, 0.2) is 4.80 Å². The lowest BCUT2D eigenvalue weighted by Gasteiger charge is -2.25. The molecule has 4 aromatic rings. The number of fused-ring (bicyclic) bond motifs is 1. The fourth-order valence-corrected chi connectivity index (χ4v) is 5.38. The lowest BCUT2D eigenvalue weighted by atomic mass is 9.95. The van der Waals surface area contributed by atoms with Gasteiger partial charge in [0, 0.05) is 23.5 Å². The molecule has 5 rings (SSSR count). The van der Waals surface area contributed by atoms with Gasteiger partial charge in [0.1, 0.15) is 0 Å². The molecule has 0 aliphatic carbocycles. The van der Waals surface area contributed by atoms with E-state index in [0.717, 1.165) is 23.4 Å². The highest BCUT2D eigenvalue weighted by Crippen LogP contribution is 2.30. The van der Waals surface area contributed by atoms with Gasteiger partial charge in [-0.25, -0.2) is 4.99 Å². The number of allylic oxidation sites excluding steroid dienone is 1. The minimum Gasteiger partial charge on any atom is -0.322 e. The fraction of sp³-hybridized carbons (Fsp3) is 0.185. The van der Waals surface area contributed by atoms with E-state index in [1.54, 1.807) is 10.8 Å². The van der Waals surface area contributed by atoms with Gasteiger partial charge in [-0.15, -0.1) is 0 Å². The molecular weight excluding hydrogens is 458 g/mol.